The first-order valence-electron chi connectivity index (χ1n) is 10.3. The molecule has 0 atom stereocenters. The van der Waals surface area contributed by atoms with Gasteiger partial charge in [-0.05, 0) is 75.9 Å². The molecule has 3 rings (SSSR count). The van der Waals surface area contributed by atoms with Crippen LogP contribution < -0.4 is 0 Å². The number of amides is 1. The molecule has 156 valence electrons. The molecule has 2 aliphatic heterocycles. The van der Waals surface area contributed by atoms with Crippen molar-refractivity contribution in [2.45, 2.75) is 44.9 Å². The largest absolute Gasteiger partial charge is 0.337 e. The van der Waals surface area contributed by atoms with E-state index in [1.54, 1.807) is 10.4 Å². The number of rotatable bonds is 3. The molecule has 1 amide bonds. The van der Waals surface area contributed by atoms with Gasteiger partial charge in [-0.15, -0.1) is 0 Å². The number of hydrogen-bond acceptors (Lipinski definition) is 4. The Hall–Kier alpha value is -1.44. The molecule has 2 heterocycles. The summed E-state index contributed by atoms with van der Waals surface area (Å²) in [6.45, 7) is 10.2. The molecule has 1 aromatic carbocycles. The Morgan fingerprint density at radius 2 is 1.68 bits per heavy atom. The summed E-state index contributed by atoms with van der Waals surface area (Å²) in [6.07, 6.45) is 2.71. The van der Waals surface area contributed by atoms with Crippen molar-refractivity contribution in [3.63, 3.8) is 0 Å². The predicted octanol–water partition coefficient (Wildman–Crippen LogP) is 2.50. The number of nitrogens with zero attached hydrogens (tertiary/aromatic N) is 3. The van der Waals surface area contributed by atoms with Crippen LogP contribution in [0.5, 0.6) is 0 Å². The topological polar surface area (TPSA) is 60.9 Å². The van der Waals surface area contributed by atoms with Crippen molar-refractivity contribution in [2.24, 2.45) is 5.92 Å². The van der Waals surface area contributed by atoms with Gasteiger partial charge in [0.2, 0.25) is 10.0 Å². The van der Waals surface area contributed by atoms with Crippen LogP contribution in [0.4, 0.5) is 0 Å². The van der Waals surface area contributed by atoms with E-state index in [2.05, 4.69) is 18.9 Å². The van der Waals surface area contributed by atoms with Crippen LogP contribution in [-0.2, 0) is 10.0 Å². The highest BCUT2D eigenvalue weighted by atomic mass is 32.2. The van der Waals surface area contributed by atoms with E-state index in [1.165, 1.54) is 0 Å². The summed E-state index contributed by atoms with van der Waals surface area (Å²) in [7, 11) is -1.52. The molecular weight excluding hydrogens is 374 g/mol. The van der Waals surface area contributed by atoms with Crippen LogP contribution >= 0.6 is 0 Å². The lowest BCUT2D eigenvalue weighted by Crippen LogP contribution is -2.38. The van der Waals surface area contributed by atoms with Crippen molar-refractivity contribution >= 4 is 15.9 Å². The van der Waals surface area contributed by atoms with Crippen LogP contribution in [0.25, 0.3) is 0 Å². The Labute approximate surface area is 169 Å². The fourth-order valence-electron chi connectivity index (χ4n) is 4.01. The summed E-state index contributed by atoms with van der Waals surface area (Å²) >= 11 is 0. The monoisotopic (exact) mass is 407 g/mol. The summed E-state index contributed by atoms with van der Waals surface area (Å²) in [4.78, 5) is 17.5. The van der Waals surface area contributed by atoms with Gasteiger partial charge in [0.05, 0.1) is 4.90 Å². The molecule has 0 aliphatic carbocycles. The normalized spacial score (nSPS) is 20.9. The number of hydrogen-bond donors (Lipinski definition) is 0. The first-order chi connectivity index (χ1) is 13.2. The molecule has 2 aliphatic rings. The van der Waals surface area contributed by atoms with Crippen molar-refractivity contribution < 1.29 is 13.2 Å². The van der Waals surface area contributed by atoms with Crippen molar-refractivity contribution in [3.05, 3.63) is 28.8 Å². The minimum absolute atomic E-state index is 0.0675. The van der Waals surface area contributed by atoms with Crippen LogP contribution in [0.15, 0.2) is 17.0 Å². The first kappa shape index (κ1) is 21.3. The third kappa shape index (κ3) is 4.42. The van der Waals surface area contributed by atoms with E-state index in [0.717, 1.165) is 43.5 Å². The van der Waals surface area contributed by atoms with E-state index >= 15 is 0 Å². The average Bonchev–Trinajstić information content (AvgIpc) is 2.88. The first-order valence-corrected chi connectivity index (χ1v) is 11.7. The Balaban J connectivity index is 1.91. The maximum Gasteiger partial charge on any atom is 0.253 e. The Morgan fingerprint density at radius 1 is 1.00 bits per heavy atom. The van der Waals surface area contributed by atoms with Crippen LogP contribution in [0.3, 0.4) is 0 Å². The van der Waals surface area contributed by atoms with Crippen molar-refractivity contribution in [2.75, 3.05) is 46.3 Å². The maximum absolute atomic E-state index is 13.3. The number of piperidine rings is 1. The average molecular weight is 408 g/mol. The maximum atomic E-state index is 13.3. The number of benzene rings is 1. The van der Waals surface area contributed by atoms with Gasteiger partial charge in [-0.3, -0.25) is 4.79 Å². The molecule has 0 bridgehead atoms. The van der Waals surface area contributed by atoms with Gasteiger partial charge >= 0.3 is 0 Å². The van der Waals surface area contributed by atoms with Gasteiger partial charge in [-0.1, -0.05) is 6.92 Å². The van der Waals surface area contributed by atoms with Gasteiger partial charge in [-0.25, -0.2) is 8.42 Å². The zero-order valence-electron chi connectivity index (χ0n) is 17.6. The molecular formula is C21H33N3O3S. The minimum Gasteiger partial charge on any atom is -0.337 e. The molecule has 0 spiro atoms. The van der Waals surface area contributed by atoms with Gasteiger partial charge in [0, 0.05) is 38.3 Å². The number of sulfonamides is 1. The molecule has 0 unspecified atom stereocenters. The molecule has 2 saturated heterocycles. The molecule has 0 aromatic heterocycles. The van der Waals surface area contributed by atoms with E-state index in [9.17, 15) is 13.2 Å². The van der Waals surface area contributed by atoms with Crippen LogP contribution in [0, 0.1) is 19.8 Å². The molecule has 28 heavy (non-hydrogen) atoms. The fraction of sp³-hybridized carbons (Fsp3) is 0.667. The number of aryl methyl sites for hydroxylation is 1. The van der Waals surface area contributed by atoms with E-state index < -0.39 is 10.0 Å². The van der Waals surface area contributed by atoms with Crippen LogP contribution in [-0.4, -0.2) is 74.7 Å². The molecule has 0 saturated carbocycles. The third-order valence-electron chi connectivity index (χ3n) is 6.23. The molecule has 1 aromatic rings. The molecule has 0 N–H and O–H groups in total. The van der Waals surface area contributed by atoms with Crippen molar-refractivity contribution in [1.29, 1.82) is 0 Å². The SMILES string of the molecule is Cc1cc(C(=O)N2CCCN(C)CC2)cc(S(=O)(=O)N2CCC(C)CC2)c1C. The Morgan fingerprint density at radius 3 is 2.36 bits per heavy atom. The van der Waals surface area contributed by atoms with E-state index in [1.807, 2.05) is 24.8 Å². The summed E-state index contributed by atoms with van der Waals surface area (Å²) in [5.41, 5.74) is 2.07. The van der Waals surface area contributed by atoms with E-state index in [0.29, 0.717) is 37.7 Å². The Bertz CT molecular complexity index is 830. The third-order valence-corrected chi connectivity index (χ3v) is 8.26. The highest BCUT2D eigenvalue weighted by molar-refractivity contribution is 7.89. The van der Waals surface area contributed by atoms with Gasteiger partial charge in [0.1, 0.15) is 0 Å². The lowest BCUT2D eigenvalue weighted by Gasteiger charge is -2.30. The lowest BCUT2D eigenvalue weighted by atomic mass is 10.0. The quantitative estimate of drug-likeness (QED) is 0.772. The second-order valence-electron chi connectivity index (χ2n) is 8.45. The van der Waals surface area contributed by atoms with Crippen molar-refractivity contribution in [3.8, 4) is 0 Å². The Kier molecular flexibility index (Phi) is 6.47. The number of carbonyl (C=O) groups is 1. The smallest absolute Gasteiger partial charge is 0.253 e. The fourth-order valence-corrected chi connectivity index (χ4v) is 5.81. The highest BCUT2D eigenvalue weighted by Gasteiger charge is 2.31. The summed E-state index contributed by atoms with van der Waals surface area (Å²) < 4.78 is 28.2. The second-order valence-corrected chi connectivity index (χ2v) is 10.4. The molecule has 0 radical (unpaired) electrons. The van der Waals surface area contributed by atoms with Gasteiger partial charge in [0.15, 0.2) is 0 Å². The van der Waals surface area contributed by atoms with E-state index in [4.69, 9.17) is 0 Å². The highest BCUT2D eigenvalue weighted by Crippen LogP contribution is 2.28. The van der Waals surface area contributed by atoms with Crippen LogP contribution in [0.1, 0.15) is 47.7 Å². The summed E-state index contributed by atoms with van der Waals surface area (Å²) in [6, 6.07) is 3.44. The molecule has 7 heteroatoms. The zero-order chi connectivity index (χ0) is 20.5. The molecule has 6 nitrogen and oxygen atoms in total. The lowest BCUT2D eigenvalue weighted by molar-refractivity contribution is 0.0762. The zero-order valence-corrected chi connectivity index (χ0v) is 18.4. The van der Waals surface area contributed by atoms with Crippen LogP contribution in [0.2, 0.25) is 0 Å². The van der Waals surface area contributed by atoms with Crippen molar-refractivity contribution in [1.82, 2.24) is 14.1 Å². The summed E-state index contributed by atoms with van der Waals surface area (Å²) in [5.74, 6) is 0.491. The summed E-state index contributed by atoms with van der Waals surface area (Å²) in [5, 5.41) is 0. The molecule has 2 fully saturated rings. The second kappa shape index (κ2) is 8.51. The number of carbonyl (C=O) groups excluding carboxylic acids is 1. The number of likely N-dealkylation sites (N-methyl/N-ethyl adjacent to an activating group) is 1. The predicted molar refractivity (Wildman–Crippen MR) is 111 cm³/mol. The van der Waals surface area contributed by atoms with Gasteiger partial charge in [-0.2, -0.15) is 4.31 Å². The van der Waals surface area contributed by atoms with E-state index in [-0.39, 0.29) is 10.8 Å². The minimum atomic E-state index is -3.59. The van der Waals surface area contributed by atoms with Gasteiger partial charge < -0.3 is 9.80 Å². The van der Waals surface area contributed by atoms with Gasteiger partial charge in [0.25, 0.3) is 5.91 Å². The standard InChI is InChI=1S/C21H33N3O3S/c1-16-6-10-24(11-7-16)28(26,27)20-15-19(14-17(2)18(20)3)21(25)23-9-5-8-22(4)12-13-23/h14-16H,5-13H2,1-4H3.